The van der Waals surface area contributed by atoms with Gasteiger partial charge >= 0.3 is 0 Å². The van der Waals surface area contributed by atoms with Crippen LogP contribution < -0.4 is 10.1 Å². The van der Waals surface area contributed by atoms with Gasteiger partial charge in [0.15, 0.2) is 0 Å². The Bertz CT molecular complexity index is 1220. The van der Waals surface area contributed by atoms with Crippen LogP contribution in [0, 0.1) is 12.7 Å². The van der Waals surface area contributed by atoms with E-state index in [1.54, 1.807) is 35.3 Å². The van der Waals surface area contributed by atoms with Crippen molar-refractivity contribution in [3.05, 3.63) is 77.6 Å². The van der Waals surface area contributed by atoms with Crippen LogP contribution in [0.3, 0.4) is 0 Å². The molecular weight excluding hydrogens is 401 g/mol. The Morgan fingerprint density at radius 1 is 1.23 bits per heavy atom. The molecule has 0 radical (unpaired) electrons. The first kappa shape index (κ1) is 20.4. The first-order chi connectivity index (χ1) is 15.0. The summed E-state index contributed by atoms with van der Waals surface area (Å²) < 4.78 is 20.5. The summed E-state index contributed by atoms with van der Waals surface area (Å²) in [7, 11) is 0. The van der Waals surface area contributed by atoms with E-state index in [1.165, 1.54) is 18.3 Å². The molecule has 3 heterocycles. The number of hydrogen-bond donors (Lipinski definition) is 2. The van der Waals surface area contributed by atoms with Crippen LogP contribution in [-0.4, -0.2) is 43.9 Å². The topological polar surface area (TPSA) is 102 Å². The van der Waals surface area contributed by atoms with Crippen LogP contribution in [0.15, 0.2) is 55.0 Å². The van der Waals surface area contributed by atoms with E-state index in [0.29, 0.717) is 29.1 Å². The Balaban J connectivity index is 1.53. The maximum Gasteiger partial charge on any atom is 0.270 e. The van der Waals surface area contributed by atoms with E-state index in [9.17, 15) is 9.18 Å². The van der Waals surface area contributed by atoms with Crippen molar-refractivity contribution >= 4 is 16.8 Å². The number of carbonyl (C=O) groups is 1. The number of aromatic nitrogens is 4. The Labute approximate surface area is 177 Å². The summed E-state index contributed by atoms with van der Waals surface area (Å²) >= 11 is 0. The Morgan fingerprint density at radius 3 is 2.77 bits per heavy atom. The van der Waals surface area contributed by atoms with Crippen LogP contribution in [0.4, 0.5) is 4.39 Å². The molecule has 0 saturated carbocycles. The van der Waals surface area contributed by atoms with Crippen LogP contribution in [-0.2, 0) is 6.54 Å². The molecule has 0 fully saturated rings. The van der Waals surface area contributed by atoms with Crippen molar-refractivity contribution in [1.82, 2.24) is 25.1 Å². The molecule has 1 amide bonds. The normalized spacial score (nSPS) is 10.9. The van der Waals surface area contributed by atoms with E-state index in [2.05, 4.69) is 20.4 Å². The molecule has 0 aliphatic heterocycles. The standard InChI is InChI=1S/C22H20FN5O3/c1-14-10-15(11-26-22(14)31-17-4-2-16(23)3-5-17)12-28-13-18-19(27-28)6-7-24-20(18)21(30)25-8-9-29/h2-7,10-11,13,29H,8-9,12H2,1H3,(H,25,30). The van der Waals surface area contributed by atoms with Gasteiger partial charge in [0.2, 0.25) is 5.88 Å². The Hall–Kier alpha value is -3.85. The summed E-state index contributed by atoms with van der Waals surface area (Å²) in [6.45, 7) is 2.33. The van der Waals surface area contributed by atoms with Crippen LogP contribution in [0.2, 0.25) is 0 Å². The predicted octanol–water partition coefficient (Wildman–Crippen LogP) is 2.84. The number of nitrogens with one attached hydrogen (secondary N) is 1. The molecule has 0 aliphatic carbocycles. The van der Waals surface area contributed by atoms with Gasteiger partial charge in [-0.1, -0.05) is 0 Å². The van der Waals surface area contributed by atoms with Gasteiger partial charge in [0.25, 0.3) is 5.91 Å². The number of pyridine rings is 2. The number of benzene rings is 1. The fraction of sp³-hybridized carbons (Fsp3) is 0.182. The van der Waals surface area contributed by atoms with Gasteiger partial charge in [0, 0.05) is 30.7 Å². The molecule has 4 rings (SSSR count). The fourth-order valence-corrected chi connectivity index (χ4v) is 3.12. The SMILES string of the molecule is Cc1cc(Cn2cc3c(C(=O)NCCO)nccc3n2)cnc1Oc1ccc(F)cc1. The molecule has 4 aromatic rings. The molecule has 1 aromatic carbocycles. The van der Waals surface area contributed by atoms with Gasteiger partial charge in [-0.05, 0) is 48.9 Å². The zero-order valence-electron chi connectivity index (χ0n) is 16.7. The number of amides is 1. The number of aryl methyl sites for hydroxylation is 1. The van der Waals surface area contributed by atoms with E-state index in [0.717, 1.165) is 11.1 Å². The highest BCUT2D eigenvalue weighted by atomic mass is 19.1. The molecular formula is C22H20FN5O3. The number of halogens is 1. The number of rotatable bonds is 7. The quantitative estimate of drug-likeness (QED) is 0.476. The van der Waals surface area contributed by atoms with Crippen LogP contribution in [0.5, 0.6) is 11.6 Å². The van der Waals surface area contributed by atoms with Gasteiger partial charge in [-0.3, -0.25) is 14.5 Å². The fourth-order valence-electron chi connectivity index (χ4n) is 3.12. The maximum atomic E-state index is 13.1. The molecule has 0 unspecified atom stereocenters. The van der Waals surface area contributed by atoms with Crippen molar-refractivity contribution in [2.24, 2.45) is 0 Å². The van der Waals surface area contributed by atoms with Gasteiger partial charge in [0.1, 0.15) is 17.3 Å². The molecule has 8 nitrogen and oxygen atoms in total. The molecule has 31 heavy (non-hydrogen) atoms. The number of carbonyl (C=O) groups excluding carboxylic acids is 1. The minimum atomic E-state index is -0.362. The lowest BCUT2D eigenvalue weighted by atomic mass is 10.2. The second-order valence-corrected chi connectivity index (χ2v) is 6.92. The third-order valence-corrected chi connectivity index (χ3v) is 4.55. The summed E-state index contributed by atoms with van der Waals surface area (Å²) in [6, 6.07) is 9.41. The van der Waals surface area contributed by atoms with Gasteiger partial charge in [0.05, 0.1) is 24.1 Å². The third-order valence-electron chi connectivity index (χ3n) is 4.55. The largest absolute Gasteiger partial charge is 0.439 e. The van der Waals surface area contributed by atoms with E-state index >= 15 is 0 Å². The average Bonchev–Trinajstić information content (AvgIpc) is 3.17. The van der Waals surface area contributed by atoms with Crippen LogP contribution in [0.25, 0.3) is 10.9 Å². The smallest absolute Gasteiger partial charge is 0.270 e. The second-order valence-electron chi connectivity index (χ2n) is 6.92. The second kappa shape index (κ2) is 8.88. The first-order valence-electron chi connectivity index (χ1n) is 9.63. The number of ether oxygens (including phenoxy) is 1. The predicted molar refractivity (Wildman–Crippen MR) is 111 cm³/mol. The minimum absolute atomic E-state index is 0.145. The maximum absolute atomic E-state index is 13.1. The highest BCUT2D eigenvalue weighted by molar-refractivity contribution is 6.04. The highest BCUT2D eigenvalue weighted by Gasteiger charge is 2.14. The van der Waals surface area contributed by atoms with E-state index in [-0.39, 0.29) is 30.6 Å². The van der Waals surface area contributed by atoms with Crippen molar-refractivity contribution in [1.29, 1.82) is 0 Å². The lowest BCUT2D eigenvalue weighted by molar-refractivity contribution is 0.0941. The molecule has 9 heteroatoms. The zero-order chi connectivity index (χ0) is 21.8. The van der Waals surface area contributed by atoms with E-state index < -0.39 is 0 Å². The highest BCUT2D eigenvalue weighted by Crippen LogP contribution is 2.24. The Kier molecular flexibility index (Phi) is 5.85. The van der Waals surface area contributed by atoms with Crippen molar-refractivity contribution in [2.75, 3.05) is 13.2 Å². The summed E-state index contributed by atoms with van der Waals surface area (Å²) in [5, 5.41) is 16.6. The molecule has 0 bridgehead atoms. The van der Waals surface area contributed by atoms with Crippen molar-refractivity contribution in [3.8, 4) is 11.6 Å². The molecule has 0 aliphatic rings. The number of aliphatic hydroxyl groups excluding tert-OH is 1. The van der Waals surface area contributed by atoms with Gasteiger partial charge in [-0.25, -0.2) is 9.37 Å². The Morgan fingerprint density at radius 2 is 2.03 bits per heavy atom. The summed E-state index contributed by atoms with van der Waals surface area (Å²) in [4.78, 5) is 20.8. The van der Waals surface area contributed by atoms with E-state index in [4.69, 9.17) is 9.84 Å². The minimum Gasteiger partial charge on any atom is -0.439 e. The number of fused-ring (bicyclic) bond motifs is 1. The average molecular weight is 421 g/mol. The van der Waals surface area contributed by atoms with E-state index in [1.807, 2.05) is 13.0 Å². The van der Waals surface area contributed by atoms with Crippen LogP contribution in [0.1, 0.15) is 21.6 Å². The molecule has 0 atom stereocenters. The summed E-state index contributed by atoms with van der Waals surface area (Å²) in [5.41, 5.74) is 2.62. The lowest BCUT2D eigenvalue weighted by Crippen LogP contribution is -2.27. The molecule has 3 aromatic heterocycles. The number of hydrogen-bond acceptors (Lipinski definition) is 6. The van der Waals surface area contributed by atoms with Crippen molar-refractivity contribution in [3.63, 3.8) is 0 Å². The zero-order valence-corrected chi connectivity index (χ0v) is 16.7. The third kappa shape index (κ3) is 4.67. The summed E-state index contributed by atoms with van der Waals surface area (Å²) in [6.07, 6.45) is 4.97. The molecule has 158 valence electrons. The monoisotopic (exact) mass is 421 g/mol. The number of nitrogens with zero attached hydrogens (tertiary/aromatic N) is 4. The molecule has 2 N–H and O–H groups in total. The number of aliphatic hydroxyl groups is 1. The van der Waals surface area contributed by atoms with Crippen molar-refractivity contribution in [2.45, 2.75) is 13.5 Å². The lowest BCUT2D eigenvalue weighted by Gasteiger charge is -2.09. The first-order valence-corrected chi connectivity index (χ1v) is 9.63. The molecule has 0 spiro atoms. The van der Waals surface area contributed by atoms with Gasteiger partial charge in [-0.2, -0.15) is 5.10 Å². The van der Waals surface area contributed by atoms with Crippen molar-refractivity contribution < 1.29 is 19.0 Å². The van der Waals surface area contributed by atoms with Gasteiger partial charge < -0.3 is 15.2 Å². The van der Waals surface area contributed by atoms with Gasteiger partial charge in [-0.15, -0.1) is 0 Å². The molecule has 0 saturated heterocycles. The summed E-state index contributed by atoms with van der Waals surface area (Å²) in [5.74, 6) is 0.248. The van der Waals surface area contributed by atoms with Crippen LogP contribution >= 0.6 is 0 Å².